The minimum absolute atomic E-state index is 0.355. The van der Waals surface area contributed by atoms with Gasteiger partial charge in [0, 0.05) is 16.8 Å². The van der Waals surface area contributed by atoms with Crippen LogP contribution in [0.1, 0.15) is 49.9 Å². The summed E-state index contributed by atoms with van der Waals surface area (Å²) in [4.78, 5) is 9.20. The molecule has 0 aromatic carbocycles. The minimum atomic E-state index is 0.355. The van der Waals surface area contributed by atoms with Crippen molar-refractivity contribution in [2.75, 3.05) is 17.2 Å². The van der Waals surface area contributed by atoms with Crippen LogP contribution in [0.5, 0.6) is 0 Å². The van der Waals surface area contributed by atoms with Crippen molar-refractivity contribution in [3.63, 3.8) is 0 Å². The second-order valence-corrected chi connectivity index (χ2v) is 7.43. The number of nitrogen functional groups attached to an aromatic ring is 1. The van der Waals surface area contributed by atoms with E-state index in [4.69, 9.17) is 10.7 Å². The van der Waals surface area contributed by atoms with E-state index in [0.29, 0.717) is 16.4 Å². The zero-order valence-electron chi connectivity index (χ0n) is 11.2. The zero-order chi connectivity index (χ0) is 13.1. The highest BCUT2D eigenvalue weighted by molar-refractivity contribution is 8.06. The molecule has 0 spiro atoms. The Morgan fingerprint density at radius 1 is 1.39 bits per heavy atom. The normalized spacial score (nSPS) is 24.4. The predicted molar refractivity (Wildman–Crippen MR) is 82.3 cm³/mol. The number of aromatic nitrogens is 2. The van der Waals surface area contributed by atoms with E-state index in [9.17, 15) is 0 Å². The number of hydrogen-bond donors (Lipinski definition) is 1. The molecule has 1 saturated heterocycles. The third kappa shape index (κ3) is 2.94. The van der Waals surface area contributed by atoms with E-state index < -0.39 is 0 Å². The van der Waals surface area contributed by atoms with Crippen molar-refractivity contribution in [3.8, 4) is 0 Å². The third-order valence-electron chi connectivity index (χ3n) is 3.12. The van der Waals surface area contributed by atoms with E-state index in [2.05, 4.69) is 37.5 Å². The molecule has 18 heavy (non-hydrogen) atoms. The van der Waals surface area contributed by atoms with Gasteiger partial charge in [-0.3, -0.25) is 0 Å². The monoisotopic (exact) mass is 283 g/mol. The van der Waals surface area contributed by atoms with Crippen LogP contribution in [0.25, 0.3) is 0 Å². The minimum Gasteiger partial charge on any atom is -0.396 e. The largest absolute Gasteiger partial charge is 0.396 e. The van der Waals surface area contributed by atoms with E-state index >= 15 is 0 Å². The van der Waals surface area contributed by atoms with Crippen LogP contribution in [0.15, 0.2) is 6.20 Å². The van der Waals surface area contributed by atoms with Crippen LogP contribution in [0.3, 0.4) is 0 Å². The van der Waals surface area contributed by atoms with Gasteiger partial charge in [-0.15, -0.1) is 11.8 Å². The summed E-state index contributed by atoms with van der Waals surface area (Å²) in [5.41, 5.74) is 7.66. The fourth-order valence-electron chi connectivity index (χ4n) is 2.16. The van der Waals surface area contributed by atoms with Gasteiger partial charge in [-0.05, 0) is 12.3 Å². The predicted octanol–water partition coefficient (Wildman–Crippen LogP) is 3.48. The zero-order valence-corrected chi connectivity index (χ0v) is 12.9. The molecule has 5 heteroatoms. The van der Waals surface area contributed by atoms with Gasteiger partial charge in [-0.1, -0.05) is 20.8 Å². The summed E-state index contributed by atoms with van der Waals surface area (Å²) in [5, 5.41) is 1.05. The van der Waals surface area contributed by atoms with Crippen molar-refractivity contribution < 1.29 is 0 Å². The van der Waals surface area contributed by atoms with Crippen molar-refractivity contribution >= 4 is 29.2 Å². The summed E-state index contributed by atoms with van der Waals surface area (Å²) < 4.78 is 0. The second-order valence-electron chi connectivity index (χ2n) is 4.83. The first-order valence-corrected chi connectivity index (χ1v) is 8.58. The molecule has 100 valence electrons. The summed E-state index contributed by atoms with van der Waals surface area (Å²) in [6.07, 6.45) is 2.96. The van der Waals surface area contributed by atoms with Gasteiger partial charge < -0.3 is 5.73 Å². The lowest BCUT2D eigenvalue weighted by atomic mass is 10.1. The van der Waals surface area contributed by atoms with E-state index in [1.807, 2.05) is 11.8 Å². The Bertz CT molecular complexity index is 409. The summed E-state index contributed by atoms with van der Waals surface area (Å²) in [5.74, 6) is 3.76. The Balaban J connectivity index is 2.29. The van der Waals surface area contributed by atoms with Crippen LogP contribution in [0.2, 0.25) is 0 Å². The average Bonchev–Trinajstić information content (AvgIpc) is 2.39. The van der Waals surface area contributed by atoms with Crippen molar-refractivity contribution in [2.45, 2.75) is 43.6 Å². The SMILES string of the molecule is CCC1SCCSC1c1ncc(N)c(C(C)C)n1. The number of hydrogen-bond acceptors (Lipinski definition) is 5. The first-order valence-electron chi connectivity index (χ1n) is 6.49. The molecule has 2 N–H and O–H groups in total. The van der Waals surface area contributed by atoms with Crippen LogP contribution >= 0.6 is 23.5 Å². The van der Waals surface area contributed by atoms with E-state index in [-0.39, 0.29) is 0 Å². The number of nitrogens with zero attached hydrogens (tertiary/aromatic N) is 2. The summed E-state index contributed by atoms with van der Waals surface area (Å²) in [6.45, 7) is 6.50. The molecule has 0 amide bonds. The van der Waals surface area contributed by atoms with Gasteiger partial charge in [0.1, 0.15) is 5.82 Å². The lowest BCUT2D eigenvalue weighted by molar-refractivity contribution is 0.725. The summed E-state index contributed by atoms with van der Waals surface area (Å²) >= 11 is 4.04. The fraction of sp³-hybridized carbons (Fsp3) is 0.692. The fourth-order valence-corrected chi connectivity index (χ4v) is 5.16. The number of nitrogens with two attached hydrogens (primary N) is 1. The van der Waals surface area contributed by atoms with Gasteiger partial charge in [-0.25, -0.2) is 9.97 Å². The van der Waals surface area contributed by atoms with Gasteiger partial charge >= 0.3 is 0 Å². The molecule has 1 aromatic heterocycles. The maximum atomic E-state index is 5.95. The lowest BCUT2D eigenvalue weighted by Gasteiger charge is -2.29. The molecule has 1 aliphatic heterocycles. The van der Waals surface area contributed by atoms with Crippen LogP contribution in [0.4, 0.5) is 5.69 Å². The van der Waals surface area contributed by atoms with Gasteiger partial charge in [0.05, 0.1) is 22.8 Å². The Kier molecular flexibility index (Phi) is 4.78. The van der Waals surface area contributed by atoms with Crippen molar-refractivity contribution in [3.05, 3.63) is 17.7 Å². The Morgan fingerprint density at radius 3 is 2.78 bits per heavy atom. The van der Waals surface area contributed by atoms with Crippen molar-refractivity contribution in [1.82, 2.24) is 9.97 Å². The van der Waals surface area contributed by atoms with Crippen LogP contribution < -0.4 is 5.73 Å². The molecule has 2 atom stereocenters. The smallest absolute Gasteiger partial charge is 0.142 e. The highest BCUT2D eigenvalue weighted by Gasteiger charge is 2.29. The maximum Gasteiger partial charge on any atom is 0.142 e. The summed E-state index contributed by atoms with van der Waals surface area (Å²) in [6, 6.07) is 0. The van der Waals surface area contributed by atoms with Crippen LogP contribution in [0, 0.1) is 0 Å². The first kappa shape index (κ1) is 14.0. The average molecular weight is 283 g/mol. The van der Waals surface area contributed by atoms with Crippen molar-refractivity contribution in [1.29, 1.82) is 0 Å². The van der Waals surface area contributed by atoms with E-state index in [0.717, 1.165) is 17.2 Å². The number of rotatable bonds is 3. The van der Waals surface area contributed by atoms with Crippen LogP contribution in [-0.4, -0.2) is 26.7 Å². The molecule has 0 bridgehead atoms. The van der Waals surface area contributed by atoms with E-state index in [1.165, 1.54) is 17.9 Å². The topological polar surface area (TPSA) is 51.8 Å². The molecule has 2 heterocycles. The molecule has 3 nitrogen and oxygen atoms in total. The molecular weight excluding hydrogens is 262 g/mol. The van der Waals surface area contributed by atoms with Gasteiger partial charge in [0.15, 0.2) is 0 Å². The number of thioether (sulfide) groups is 2. The lowest BCUT2D eigenvalue weighted by Crippen LogP contribution is -2.21. The van der Waals surface area contributed by atoms with E-state index in [1.54, 1.807) is 6.20 Å². The second kappa shape index (κ2) is 6.15. The Morgan fingerprint density at radius 2 is 2.11 bits per heavy atom. The molecule has 1 aromatic rings. The first-order chi connectivity index (χ1) is 8.63. The molecule has 0 aliphatic carbocycles. The molecule has 0 saturated carbocycles. The molecule has 0 radical (unpaired) electrons. The Labute approximate surface area is 118 Å². The van der Waals surface area contributed by atoms with Crippen molar-refractivity contribution in [2.24, 2.45) is 0 Å². The van der Waals surface area contributed by atoms with Gasteiger partial charge in [0.2, 0.25) is 0 Å². The standard InChI is InChI=1S/C13H21N3S2/c1-4-10-12(18-6-5-17-10)13-15-7-9(14)11(16-13)8(2)3/h7-8,10,12H,4-6,14H2,1-3H3. The molecule has 1 aliphatic rings. The van der Waals surface area contributed by atoms with Gasteiger partial charge in [-0.2, -0.15) is 11.8 Å². The quantitative estimate of drug-likeness (QED) is 0.920. The molecule has 1 fully saturated rings. The molecule has 2 rings (SSSR count). The third-order valence-corrected chi connectivity index (χ3v) is 6.36. The highest BCUT2D eigenvalue weighted by Crippen LogP contribution is 2.43. The Hall–Kier alpha value is -0.420. The van der Waals surface area contributed by atoms with Crippen LogP contribution in [-0.2, 0) is 0 Å². The summed E-state index contributed by atoms with van der Waals surface area (Å²) in [7, 11) is 0. The molecule has 2 unspecified atom stereocenters. The molecular formula is C13H21N3S2. The maximum absolute atomic E-state index is 5.95. The van der Waals surface area contributed by atoms with Gasteiger partial charge in [0.25, 0.3) is 0 Å². The number of anilines is 1. The highest BCUT2D eigenvalue weighted by atomic mass is 32.2.